The number of carbonyl (C=O) groups excluding carboxylic acids is 1. The molecule has 0 bridgehead atoms. The van der Waals surface area contributed by atoms with Crippen molar-refractivity contribution in [3.63, 3.8) is 0 Å². The molecule has 4 aromatic rings. The third-order valence-corrected chi connectivity index (χ3v) is 7.25. The zero-order valence-electron chi connectivity index (χ0n) is 20.6. The molecule has 1 aromatic heterocycles. The van der Waals surface area contributed by atoms with Gasteiger partial charge in [-0.2, -0.15) is 4.98 Å². The Morgan fingerprint density at radius 3 is 2.36 bits per heavy atom. The van der Waals surface area contributed by atoms with Gasteiger partial charge in [-0.25, -0.2) is 4.79 Å². The van der Waals surface area contributed by atoms with Crippen LogP contribution in [0.2, 0.25) is 0 Å². The molecule has 2 amide bonds. The van der Waals surface area contributed by atoms with Crippen LogP contribution in [0.3, 0.4) is 0 Å². The summed E-state index contributed by atoms with van der Waals surface area (Å²) in [6.07, 6.45) is 3.01. The third kappa shape index (κ3) is 4.79. The lowest BCUT2D eigenvalue weighted by Crippen LogP contribution is -2.45. The largest absolute Gasteiger partial charge is 0.334 e. The van der Waals surface area contributed by atoms with Crippen LogP contribution >= 0.6 is 11.8 Å². The first-order valence-electron chi connectivity index (χ1n) is 12.0. The number of hydrogen-bond donors (Lipinski definition) is 1. The smallest absolute Gasteiger partial charge is 0.322 e. The van der Waals surface area contributed by atoms with Crippen LogP contribution in [-0.4, -0.2) is 27.3 Å². The van der Waals surface area contributed by atoms with E-state index in [4.69, 9.17) is 9.51 Å². The Balaban J connectivity index is 1.57. The highest BCUT2D eigenvalue weighted by molar-refractivity contribution is 7.98. The van der Waals surface area contributed by atoms with E-state index in [0.717, 1.165) is 39.3 Å². The minimum absolute atomic E-state index is 0.158. The normalized spacial score (nSPS) is 15.8. The SMILES string of the molecule is CCc1ccc(-c2noc(C3=C(C)N(Cc4ccccc4)C(=O)NC3c3ccc(SC)cc3)n2)cc1. The molecule has 1 aliphatic heterocycles. The van der Waals surface area contributed by atoms with E-state index >= 15 is 0 Å². The van der Waals surface area contributed by atoms with Crippen molar-refractivity contribution < 1.29 is 9.32 Å². The van der Waals surface area contributed by atoms with Gasteiger partial charge in [-0.05, 0) is 48.4 Å². The second-order valence-corrected chi connectivity index (χ2v) is 9.58. The molecule has 0 fully saturated rings. The number of nitrogens with zero attached hydrogens (tertiary/aromatic N) is 3. The quantitative estimate of drug-likeness (QED) is 0.288. The van der Waals surface area contributed by atoms with Crippen LogP contribution in [0.5, 0.6) is 0 Å². The number of rotatable bonds is 7. The first kappa shape index (κ1) is 23.9. The van der Waals surface area contributed by atoms with Gasteiger partial charge in [0.15, 0.2) is 0 Å². The summed E-state index contributed by atoms with van der Waals surface area (Å²) in [5.74, 6) is 0.926. The van der Waals surface area contributed by atoms with Gasteiger partial charge in [0.2, 0.25) is 5.82 Å². The number of amides is 2. The van der Waals surface area contributed by atoms with Crippen molar-refractivity contribution in [3.8, 4) is 11.4 Å². The van der Waals surface area contributed by atoms with Gasteiger partial charge >= 0.3 is 6.03 Å². The van der Waals surface area contributed by atoms with Gasteiger partial charge in [-0.3, -0.25) is 4.90 Å². The maximum atomic E-state index is 13.3. The van der Waals surface area contributed by atoms with Gasteiger partial charge < -0.3 is 9.84 Å². The van der Waals surface area contributed by atoms with E-state index in [1.807, 2.05) is 67.8 Å². The summed E-state index contributed by atoms with van der Waals surface area (Å²) >= 11 is 1.68. The maximum absolute atomic E-state index is 13.3. The van der Waals surface area contributed by atoms with E-state index in [2.05, 4.69) is 41.7 Å². The molecule has 1 N–H and O–H groups in total. The Bertz CT molecular complexity index is 1380. The summed E-state index contributed by atoms with van der Waals surface area (Å²) in [4.78, 5) is 20.9. The Kier molecular flexibility index (Phi) is 6.91. The second kappa shape index (κ2) is 10.4. The molecule has 2 heterocycles. The summed E-state index contributed by atoms with van der Waals surface area (Å²) in [5.41, 5.74) is 5.73. The summed E-state index contributed by atoms with van der Waals surface area (Å²) in [5, 5.41) is 7.46. The fourth-order valence-corrected chi connectivity index (χ4v) is 4.81. The van der Waals surface area contributed by atoms with E-state index in [-0.39, 0.29) is 6.03 Å². The molecule has 182 valence electrons. The zero-order valence-corrected chi connectivity index (χ0v) is 21.4. The lowest BCUT2D eigenvalue weighted by Gasteiger charge is -2.35. The van der Waals surface area contributed by atoms with Crippen molar-refractivity contribution in [2.75, 3.05) is 6.26 Å². The Morgan fingerprint density at radius 2 is 1.69 bits per heavy atom. The number of urea groups is 1. The van der Waals surface area contributed by atoms with Crippen LogP contribution in [0.4, 0.5) is 4.79 Å². The Hall–Kier alpha value is -3.84. The number of aromatic nitrogens is 2. The minimum Gasteiger partial charge on any atom is -0.334 e. The Labute approximate surface area is 215 Å². The molecule has 0 radical (unpaired) electrons. The van der Waals surface area contributed by atoms with Crippen molar-refractivity contribution in [2.45, 2.75) is 37.8 Å². The molecular formula is C29H28N4O2S. The molecule has 7 heteroatoms. The van der Waals surface area contributed by atoms with Crippen molar-refractivity contribution in [2.24, 2.45) is 0 Å². The average Bonchev–Trinajstić information content (AvgIpc) is 3.41. The topological polar surface area (TPSA) is 71.3 Å². The minimum atomic E-state index is -0.406. The lowest BCUT2D eigenvalue weighted by atomic mass is 9.94. The highest BCUT2D eigenvalue weighted by Crippen LogP contribution is 2.38. The lowest BCUT2D eigenvalue weighted by molar-refractivity contribution is 0.203. The van der Waals surface area contributed by atoms with E-state index in [1.165, 1.54) is 5.56 Å². The third-order valence-electron chi connectivity index (χ3n) is 6.51. The average molecular weight is 497 g/mol. The summed E-state index contributed by atoms with van der Waals surface area (Å²) in [7, 11) is 0. The summed E-state index contributed by atoms with van der Waals surface area (Å²) < 4.78 is 5.81. The summed E-state index contributed by atoms with van der Waals surface area (Å²) in [6.45, 7) is 4.51. The van der Waals surface area contributed by atoms with Crippen LogP contribution in [-0.2, 0) is 13.0 Å². The molecule has 6 nitrogen and oxygen atoms in total. The molecule has 1 unspecified atom stereocenters. The maximum Gasteiger partial charge on any atom is 0.322 e. The molecule has 5 rings (SSSR count). The fraction of sp³-hybridized carbons (Fsp3) is 0.207. The van der Waals surface area contributed by atoms with Crippen molar-refractivity contribution in [1.82, 2.24) is 20.4 Å². The standard InChI is InChI=1S/C29H28N4O2S/c1-4-20-10-12-23(13-11-20)27-31-28(35-32-27)25-19(2)33(18-21-8-6-5-7-9-21)29(34)30-26(25)22-14-16-24(36-3)17-15-22/h5-17,26H,4,18H2,1-3H3,(H,30,34). The number of nitrogens with one attached hydrogen (secondary N) is 1. The monoisotopic (exact) mass is 496 g/mol. The molecule has 0 aliphatic carbocycles. The number of allylic oxidation sites excluding steroid dienone is 1. The van der Waals surface area contributed by atoms with Crippen LogP contribution < -0.4 is 5.32 Å². The molecular weight excluding hydrogens is 468 g/mol. The van der Waals surface area contributed by atoms with Crippen LogP contribution in [0.15, 0.2) is 94.0 Å². The molecule has 1 aliphatic rings. The number of thioether (sulfide) groups is 1. The Morgan fingerprint density at radius 1 is 0.972 bits per heavy atom. The van der Waals surface area contributed by atoms with Gasteiger partial charge in [-0.1, -0.05) is 78.8 Å². The fourth-order valence-electron chi connectivity index (χ4n) is 4.40. The highest BCUT2D eigenvalue weighted by Gasteiger charge is 2.35. The van der Waals surface area contributed by atoms with Gasteiger partial charge in [0.25, 0.3) is 5.89 Å². The first-order valence-corrected chi connectivity index (χ1v) is 13.2. The van der Waals surface area contributed by atoms with Crippen LogP contribution in [0, 0.1) is 0 Å². The van der Waals surface area contributed by atoms with Crippen molar-refractivity contribution in [1.29, 1.82) is 0 Å². The van der Waals surface area contributed by atoms with E-state index in [1.54, 1.807) is 16.7 Å². The van der Waals surface area contributed by atoms with E-state index < -0.39 is 6.04 Å². The zero-order chi connectivity index (χ0) is 25.1. The van der Waals surface area contributed by atoms with Crippen molar-refractivity contribution in [3.05, 3.63) is 107 Å². The molecule has 0 saturated heterocycles. The summed E-state index contributed by atoms with van der Waals surface area (Å²) in [6, 6.07) is 25.8. The molecule has 3 aromatic carbocycles. The van der Waals surface area contributed by atoms with Gasteiger partial charge in [0.05, 0.1) is 18.2 Å². The first-order chi connectivity index (χ1) is 17.6. The number of hydrogen-bond acceptors (Lipinski definition) is 5. The predicted octanol–water partition coefficient (Wildman–Crippen LogP) is 6.72. The van der Waals surface area contributed by atoms with Gasteiger partial charge in [0, 0.05) is 16.2 Å². The number of aryl methyl sites for hydroxylation is 1. The van der Waals surface area contributed by atoms with E-state index in [0.29, 0.717) is 18.3 Å². The van der Waals surface area contributed by atoms with Crippen LogP contribution in [0.25, 0.3) is 17.0 Å². The molecule has 0 spiro atoms. The van der Waals surface area contributed by atoms with Gasteiger partial charge in [-0.15, -0.1) is 11.8 Å². The number of carbonyl (C=O) groups is 1. The molecule has 1 atom stereocenters. The molecule has 36 heavy (non-hydrogen) atoms. The van der Waals surface area contributed by atoms with E-state index in [9.17, 15) is 4.79 Å². The highest BCUT2D eigenvalue weighted by atomic mass is 32.2. The van der Waals surface area contributed by atoms with Gasteiger partial charge in [0.1, 0.15) is 0 Å². The van der Waals surface area contributed by atoms with Crippen molar-refractivity contribution >= 4 is 23.4 Å². The predicted molar refractivity (Wildman–Crippen MR) is 143 cm³/mol. The molecule has 0 saturated carbocycles. The second-order valence-electron chi connectivity index (χ2n) is 8.70. The number of benzene rings is 3. The van der Waals surface area contributed by atoms with Crippen LogP contribution in [0.1, 0.15) is 42.5 Å².